The Kier molecular flexibility index (Phi) is 4.57. The molecular weight excluding hydrogens is 262 g/mol. The summed E-state index contributed by atoms with van der Waals surface area (Å²) in [6.07, 6.45) is 4.34. The second-order valence-corrected chi connectivity index (χ2v) is 5.03. The van der Waals surface area contributed by atoms with Gasteiger partial charge in [-0.15, -0.1) is 0 Å². The third-order valence-corrected chi connectivity index (χ3v) is 3.64. The molecule has 0 saturated heterocycles. The third kappa shape index (κ3) is 3.82. The van der Waals surface area contributed by atoms with Gasteiger partial charge >= 0.3 is 5.97 Å². The lowest BCUT2D eigenvalue weighted by atomic mass is 10.2. The van der Waals surface area contributed by atoms with Gasteiger partial charge in [0.1, 0.15) is 0 Å². The summed E-state index contributed by atoms with van der Waals surface area (Å²) in [5.74, 6) is -0.804. The molecule has 0 radical (unpaired) electrons. The monoisotopic (exact) mass is 277 g/mol. The fourth-order valence-corrected chi connectivity index (χ4v) is 2.50. The van der Waals surface area contributed by atoms with E-state index in [1.165, 1.54) is 11.8 Å². The summed E-state index contributed by atoms with van der Waals surface area (Å²) < 4.78 is 2.03. The SMILES string of the molecule is Cc1cnc(SCC(=O)O)n1CCc1ccccn1. The number of imidazole rings is 1. The molecule has 0 bridgehead atoms. The van der Waals surface area contributed by atoms with E-state index < -0.39 is 5.97 Å². The van der Waals surface area contributed by atoms with E-state index in [0.717, 1.165) is 29.5 Å². The minimum Gasteiger partial charge on any atom is -0.481 e. The number of hydrogen-bond acceptors (Lipinski definition) is 4. The van der Waals surface area contributed by atoms with Gasteiger partial charge in [-0.25, -0.2) is 4.98 Å². The zero-order valence-electron chi connectivity index (χ0n) is 10.6. The van der Waals surface area contributed by atoms with E-state index in [9.17, 15) is 4.79 Å². The summed E-state index contributed by atoms with van der Waals surface area (Å²) >= 11 is 1.24. The van der Waals surface area contributed by atoms with Crippen molar-refractivity contribution in [3.63, 3.8) is 0 Å². The Labute approximate surface area is 115 Å². The minimum absolute atomic E-state index is 0.0278. The van der Waals surface area contributed by atoms with Crippen molar-refractivity contribution < 1.29 is 9.90 Å². The number of thioether (sulfide) groups is 1. The summed E-state index contributed by atoms with van der Waals surface area (Å²) in [5.41, 5.74) is 2.05. The zero-order chi connectivity index (χ0) is 13.7. The van der Waals surface area contributed by atoms with Crippen molar-refractivity contribution in [3.8, 4) is 0 Å². The molecule has 0 spiro atoms. The summed E-state index contributed by atoms with van der Waals surface area (Å²) in [6.45, 7) is 2.72. The van der Waals surface area contributed by atoms with Crippen molar-refractivity contribution in [1.29, 1.82) is 0 Å². The number of carboxylic acids is 1. The first kappa shape index (κ1) is 13.6. The van der Waals surface area contributed by atoms with Crippen LogP contribution in [0.4, 0.5) is 0 Å². The lowest BCUT2D eigenvalue weighted by molar-refractivity contribution is -0.133. The van der Waals surface area contributed by atoms with Crippen molar-refractivity contribution in [2.45, 2.75) is 25.0 Å². The average Bonchev–Trinajstić information content (AvgIpc) is 2.76. The van der Waals surface area contributed by atoms with Gasteiger partial charge in [-0.05, 0) is 19.1 Å². The van der Waals surface area contributed by atoms with Gasteiger partial charge in [0, 0.05) is 36.7 Å². The Morgan fingerprint density at radius 2 is 2.26 bits per heavy atom. The number of rotatable bonds is 6. The minimum atomic E-state index is -0.832. The van der Waals surface area contributed by atoms with E-state index in [1.54, 1.807) is 12.4 Å². The molecule has 19 heavy (non-hydrogen) atoms. The van der Waals surface area contributed by atoms with Crippen LogP contribution in [-0.4, -0.2) is 31.4 Å². The van der Waals surface area contributed by atoms with Crippen molar-refractivity contribution in [3.05, 3.63) is 42.0 Å². The van der Waals surface area contributed by atoms with Crippen LogP contribution >= 0.6 is 11.8 Å². The second kappa shape index (κ2) is 6.38. The van der Waals surface area contributed by atoms with Crippen LogP contribution < -0.4 is 0 Å². The molecule has 2 aromatic heterocycles. The van der Waals surface area contributed by atoms with Gasteiger partial charge in [0.05, 0.1) is 5.75 Å². The number of nitrogens with zero attached hydrogens (tertiary/aromatic N) is 3. The van der Waals surface area contributed by atoms with Gasteiger partial charge < -0.3 is 9.67 Å². The maximum absolute atomic E-state index is 10.6. The molecule has 0 saturated carbocycles. The first-order valence-corrected chi connectivity index (χ1v) is 6.92. The van der Waals surface area contributed by atoms with Gasteiger partial charge in [-0.3, -0.25) is 9.78 Å². The Morgan fingerprint density at radius 1 is 1.42 bits per heavy atom. The van der Waals surface area contributed by atoms with E-state index in [4.69, 9.17) is 5.11 Å². The third-order valence-electron chi connectivity index (χ3n) is 2.66. The molecule has 1 N–H and O–H groups in total. The lowest BCUT2D eigenvalue weighted by Gasteiger charge is -2.08. The summed E-state index contributed by atoms with van der Waals surface area (Å²) in [4.78, 5) is 19.1. The Hall–Kier alpha value is -1.82. The molecular formula is C13H15N3O2S. The average molecular weight is 277 g/mol. The van der Waals surface area contributed by atoms with Crippen molar-refractivity contribution in [1.82, 2.24) is 14.5 Å². The Bertz CT molecular complexity index is 554. The number of aromatic nitrogens is 3. The van der Waals surface area contributed by atoms with Crippen LogP contribution in [0.25, 0.3) is 0 Å². The van der Waals surface area contributed by atoms with Gasteiger partial charge in [0.15, 0.2) is 5.16 Å². The second-order valence-electron chi connectivity index (χ2n) is 4.09. The first-order chi connectivity index (χ1) is 9.16. The van der Waals surface area contributed by atoms with Crippen molar-refractivity contribution in [2.75, 3.05) is 5.75 Å². The molecule has 100 valence electrons. The standard InChI is InChI=1S/C13H15N3O2S/c1-10-8-15-13(19-9-12(17)18)16(10)7-5-11-4-2-3-6-14-11/h2-4,6,8H,5,7,9H2,1H3,(H,17,18). The van der Waals surface area contributed by atoms with E-state index in [-0.39, 0.29) is 5.75 Å². The van der Waals surface area contributed by atoms with Crippen LogP contribution in [0.5, 0.6) is 0 Å². The molecule has 0 unspecified atom stereocenters. The molecule has 0 aliphatic rings. The molecule has 6 heteroatoms. The number of aliphatic carboxylic acids is 1. The van der Waals surface area contributed by atoms with E-state index in [0.29, 0.717) is 0 Å². The van der Waals surface area contributed by atoms with E-state index in [1.807, 2.05) is 29.7 Å². The van der Waals surface area contributed by atoms with Crippen molar-refractivity contribution >= 4 is 17.7 Å². The Morgan fingerprint density at radius 3 is 2.95 bits per heavy atom. The number of carbonyl (C=O) groups is 1. The maximum Gasteiger partial charge on any atom is 0.313 e. The number of hydrogen-bond donors (Lipinski definition) is 1. The lowest BCUT2D eigenvalue weighted by Crippen LogP contribution is -2.07. The molecule has 0 atom stereocenters. The highest BCUT2D eigenvalue weighted by Gasteiger charge is 2.09. The molecule has 2 heterocycles. The molecule has 0 aliphatic carbocycles. The van der Waals surface area contributed by atoms with Crippen LogP contribution in [0.3, 0.4) is 0 Å². The number of pyridine rings is 1. The van der Waals surface area contributed by atoms with E-state index >= 15 is 0 Å². The summed E-state index contributed by atoms with van der Waals surface area (Å²) in [5, 5.41) is 9.46. The van der Waals surface area contributed by atoms with Crippen LogP contribution in [0, 0.1) is 6.92 Å². The normalized spacial score (nSPS) is 10.6. The number of aryl methyl sites for hydroxylation is 2. The molecule has 0 amide bonds. The van der Waals surface area contributed by atoms with Crippen molar-refractivity contribution in [2.24, 2.45) is 0 Å². The molecule has 0 aromatic carbocycles. The highest BCUT2D eigenvalue weighted by Crippen LogP contribution is 2.18. The highest BCUT2D eigenvalue weighted by atomic mass is 32.2. The summed E-state index contributed by atoms with van der Waals surface area (Å²) in [6, 6.07) is 5.83. The predicted molar refractivity (Wildman–Crippen MR) is 73.3 cm³/mol. The van der Waals surface area contributed by atoms with Gasteiger partial charge in [-0.1, -0.05) is 17.8 Å². The quantitative estimate of drug-likeness (QED) is 0.818. The molecule has 2 aromatic rings. The van der Waals surface area contributed by atoms with Gasteiger partial charge in [0.25, 0.3) is 0 Å². The molecule has 5 nitrogen and oxygen atoms in total. The van der Waals surface area contributed by atoms with Gasteiger partial charge in [0.2, 0.25) is 0 Å². The first-order valence-electron chi connectivity index (χ1n) is 5.93. The summed E-state index contributed by atoms with van der Waals surface area (Å²) in [7, 11) is 0. The maximum atomic E-state index is 10.6. The fraction of sp³-hybridized carbons (Fsp3) is 0.308. The topological polar surface area (TPSA) is 68.0 Å². The smallest absolute Gasteiger partial charge is 0.313 e. The van der Waals surface area contributed by atoms with Crippen LogP contribution in [0.2, 0.25) is 0 Å². The van der Waals surface area contributed by atoms with Gasteiger partial charge in [-0.2, -0.15) is 0 Å². The van der Waals surface area contributed by atoms with Crippen LogP contribution in [0.1, 0.15) is 11.4 Å². The fourth-order valence-electron chi connectivity index (χ4n) is 1.72. The number of carboxylic acid groups (broad SMARTS) is 1. The van der Waals surface area contributed by atoms with Crippen LogP contribution in [0.15, 0.2) is 35.7 Å². The molecule has 0 aliphatic heterocycles. The van der Waals surface area contributed by atoms with Crippen LogP contribution in [-0.2, 0) is 17.8 Å². The van der Waals surface area contributed by atoms with E-state index in [2.05, 4.69) is 9.97 Å². The highest BCUT2D eigenvalue weighted by molar-refractivity contribution is 7.99. The predicted octanol–water partition coefficient (Wildman–Crippen LogP) is 2.01. The molecule has 2 rings (SSSR count). The zero-order valence-corrected chi connectivity index (χ0v) is 11.4. The largest absolute Gasteiger partial charge is 0.481 e. The Balaban J connectivity index is 2.03. The molecule has 0 fully saturated rings.